The second-order valence-corrected chi connectivity index (χ2v) is 6.36. The number of rotatable bonds is 2. The Bertz CT molecular complexity index is 1240. The summed E-state index contributed by atoms with van der Waals surface area (Å²) in [7, 11) is 0. The number of H-pyrrole nitrogens is 2. The molecule has 1 fully saturated rings. The Morgan fingerprint density at radius 2 is 1.93 bits per heavy atom. The van der Waals surface area contributed by atoms with Gasteiger partial charge < -0.3 is 36.5 Å². The van der Waals surface area contributed by atoms with E-state index in [0.29, 0.717) is 17.0 Å². The van der Waals surface area contributed by atoms with Crippen molar-refractivity contribution >= 4 is 34.1 Å². The molecule has 0 bridgehead atoms. The summed E-state index contributed by atoms with van der Waals surface area (Å²) in [5.41, 5.74) is 11.9. The van der Waals surface area contributed by atoms with E-state index in [1.807, 2.05) is 0 Å². The number of aromatic nitrogens is 8. The molecule has 0 amide bonds. The Balaban J connectivity index is 0.000000181. The van der Waals surface area contributed by atoms with Crippen molar-refractivity contribution in [2.75, 3.05) is 18.1 Å². The Morgan fingerprint density at radius 3 is 2.63 bits per heavy atom. The molecule has 15 nitrogen and oxygen atoms in total. The van der Waals surface area contributed by atoms with Crippen LogP contribution in [0.4, 0.5) is 11.8 Å². The van der Waals surface area contributed by atoms with Crippen LogP contribution in [0.5, 0.6) is 0 Å². The first kappa shape index (κ1) is 19.6. The van der Waals surface area contributed by atoms with Gasteiger partial charge >= 0.3 is 0 Å². The molecule has 30 heavy (non-hydrogen) atoms. The smallest absolute Gasteiger partial charge is 0.280 e. The maximum Gasteiger partial charge on any atom is 0.280 e. The highest BCUT2D eigenvalue weighted by Crippen LogP contribution is 2.30. The normalized spacial score (nSPS) is 23.6. The number of hydrogen-bond acceptors (Lipinski definition) is 12. The number of nitrogens with one attached hydrogen (secondary N) is 2. The third kappa shape index (κ3) is 3.30. The fraction of sp³-hybridized carbons (Fsp3) is 0.333. The zero-order chi connectivity index (χ0) is 21.4. The number of aliphatic hydroxyl groups is 3. The molecule has 1 aliphatic rings. The fourth-order valence-electron chi connectivity index (χ4n) is 3.02. The first-order valence-electron chi connectivity index (χ1n) is 8.65. The average molecular weight is 418 g/mol. The predicted octanol–water partition coefficient (Wildman–Crippen LogP) is -2.75. The minimum absolute atomic E-state index is 0.0388. The molecule has 1 aliphatic heterocycles. The molecule has 5 rings (SSSR count). The molecule has 0 spiro atoms. The Labute approximate surface area is 166 Å². The van der Waals surface area contributed by atoms with Gasteiger partial charge in [-0.25, -0.2) is 19.9 Å². The third-order valence-electron chi connectivity index (χ3n) is 4.49. The highest BCUT2D eigenvalue weighted by Gasteiger charge is 2.44. The molecular weight excluding hydrogens is 400 g/mol. The summed E-state index contributed by atoms with van der Waals surface area (Å²) >= 11 is 0. The van der Waals surface area contributed by atoms with Gasteiger partial charge in [0.2, 0.25) is 5.95 Å². The van der Waals surface area contributed by atoms with Crippen molar-refractivity contribution in [3.63, 3.8) is 0 Å². The van der Waals surface area contributed by atoms with Gasteiger partial charge in [-0.3, -0.25) is 14.3 Å². The number of nitrogens with two attached hydrogens (primary N) is 2. The SMILES string of the molecule is Nc1nc2c(ncn2[C@@H]2O[C@H](CO)[C@@H](O)[C@H]2O)c(=O)[nH]1.Nc1ncnc2[nH]cnc12. The molecule has 0 saturated carbocycles. The average Bonchev–Trinajstić information content (AvgIpc) is 3.42. The molecule has 1 saturated heterocycles. The van der Waals surface area contributed by atoms with Crippen LogP contribution in [-0.4, -0.2) is 79.7 Å². The molecule has 5 heterocycles. The molecule has 0 radical (unpaired) electrons. The van der Waals surface area contributed by atoms with E-state index in [1.54, 1.807) is 0 Å². The molecule has 158 valence electrons. The number of imidazole rings is 2. The van der Waals surface area contributed by atoms with Crippen LogP contribution in [0.25, 0.3) is 22.3 Å². The number of nitrogens with zero attached hydrogens (tertiary/aromatic N) is 6. The highest BCUT2D eigenvalue weighted by molar-refractivity contribution is 5.80. The van der Waals surface area contributed by atoms with Crippen LogP contribution in [0.3, 0.4) is 0 Å². The molecule has 0 aromatic carbocycles. The first-order chi connectivity index (χ1) is 14.4. The van der Waals surface area contributed by atoms with Crippen molar-refractivity contribution in [2.24, 2.45) is 0 Å². The summed E-state index contributed by atoms with van der Waals surface area (Å²) in [6, 6.07) is 0. The highest BCUT2D eigenvalue weighted by atomic mass is 16.6. The number of hydrogen-bond donors (Lipinski definition) is 7. The van der Waals surface area contributed by atoms with E-state index in [1.165, 1.54) is 23.5 Å². The van der Waals surface area contributed by atoms with E-state index in [2.05, 4.69) is 34.9 Å². The van der Waals surface area contributed by atoms with Gasteiger partial charge in [0.1, 0.15) is 30.2 Å². The molecular formula is C15H18N10O5. The molecule has 0 unspecified atom stereocenters. The van der Waals surface area contributed by atoms with Crippen LogP contribution >= 0.6 is 0 Å². The predicted molar refractivity (Wildman–Crippen MR) is 102 cm³/mol. The van der Waals surface area contributed by atoms with Gasteiger partial charge in [0.25, 0.3) is 5.56 Å². The van der Waals surface area contributed by atoms with Crippen LogP contribution in [-0.2, 0) is 4.74 Å². The van der Waals surface area contributed by atoms with Gasteiger partial charge in [-0.2, -0.15) is 4.98 Å². The molecule has 4 atom stereocenters. The number of nitrogen functional groups attached to an aromatic ring is 2. The quantitative estimate of drug-likeness (QED) is 0.175. The number of aliphatic hydroxyl groups excluding tert-OH is 3. The third-order valence-corrected chi connectivity index (χ3v) is 4.49. The topological polar surface area (TPSA) is 240 Å². The van der Waals surface area contributed by atoms with Gasteiger partial charge in [0, 0.05) is 0 Å². The molecule has 4 aromatic rings. The summed E-state index contributed by atoms with van der Waals surface area (Å²) in [6.45, 7) is -0.447. The number of fused-ring (bicyclic) bond motifs is 2. The Morgan fingerprint density at radius 1 is 1.13 bits per heavy atom. The van der Waals surface area contributed by atoms with Crippen LogP contribution < -0.4 is 17.0 Å². The molecule has 15 heteroatoms. The minimum atomic E-state index is -1.29. The maximum atomic E-state index is 11.7. The Kier molecular flexibility index (Phi) is 5.00. The standard InChI is InChI=1S/C10H13N5O5.C5H5N5/c11-10-13-7-4(8(19)14-10)12-2-15(7)9-6(18)5(17)3(1-16)20-9;6-4-3-5(9-1-7-3)10-2-8-4/h2-3,5-6,9,16-18H,1H2,(H3,11,13,14,19);1-2H,(H3,6,7,8,9,10)/t3-,5-,6-,9-;/m1./s1. The van der Waals surface area contributed by atoms with Gasteiger partial charge in [0.05, 0.1) is 19.3 Å². The number of anilines is 2. The minimum Gasteiger partial charge on any atom is -0.394 e. The van der Waals surface area contributed by atoms with E-state index in [4.69, 9.17) is 21.3 Å². The maximum absolute atomic E-state index is 11.7. The Hall–Kier alpha value is -3.66. The van der Waals surface area contributed by atoms with E-state index in [-0.39, 0.29) is 17.1 Å². The van der Waals surface area contributed by atoms with E-state index >= 15 is 0 Å². The summed E-state index contributed by atoms with van der Waals surface area (Å²) in [5, 5.41) is 28.7. The van der Waals surface area contributed by atoms with Gasteiger partial charge in [0.15, 0.2) is 28.9 Å². The molecule has 0 aliphatic carbocycles. The summed E-state index contributed by atoms with van der Waals surface area (Å²) in [5.74, 6) is 0.308. The summed E-state index contributed by atoms with van der Waals surface area (Å²) < 4.78 is 6.64. The monoisotopic (exact) mass is 418 g/mol. The van der Waals surface area contributed by atoms with E-state index in [0.717, 1.165) is 0 Å². The second-order valence-electron chi connectivity index (χ2n) is 6.36. The number of aromatic amines is 2. The number of ether oxygens (including phenoxy) is 1. The van der Waals surface area contributed by atoms with Crippen LogP contribution in [0, 0.1) is 0 Å². The van der Waals surface area contributed by atoms with Crippen LogP contribution in [0.2, 0.25) is 0 Å². The van der Waals surface area contributed by atoms with Crippen molar-refractivity contribution in [3.05, 3.63) is 29.3 Å². The van der Waals surface area contributed by atoms with E-state index < -0.39 is 36.7 Å². The van der Waals surface area contributed by atoms with E-state index in [9.17, 15) is 15.0 Å². The fourth-order valence-corrected chi connectivity index (χ4v) is 3.02. The van der Waals surface area contributed by atoms with Gasteiger partial charge in [-0.15, -0.1) is 0 Å². The molecule has 9 N–H and O–H groups in total. The zero-order valence-electron chi connectivity index (χ0n) is 15.2. The van der Waals surface area contributed by atoms with Crippen molar-refractivity contribution in [1.82, 2.24) is 39.5 Å². The van der Waals surface area contributed by atoms with Gasteiger partial charge in [-0.05, 0) is 0 Å². The lowest BCUT2D eigenvalue weighted by Crippen LogP contribution is -2.33. The van der Waals surface area contributed by atoms with Crippen molar-refractivity contribution in [3.8, 4) is 0 Å². The lowest BCUT2D eigenvalue weighted by Gasteiger charge is -2.16. The van der Waals surface area contributed by atoms with Crippen molar-refractivity contribution in [1.29, 1.82) is 0 Å². The largest absolute Gasteiger partial charge is 0.394 e. The van der Waals surface area contributed by atoms with Crippen LogP contribution in [0.1, 0.15) is 6.23 Å². The van der Waals surface area contributed by atoms with Crippen molar-refractivity contribution < 1.29 is 20.1 Å². The second kappa shape index (κ2) is 7.64. The lowest BCUT2D eigenvalue weighted by atomic mass is 10.1. The summed E-state index contributed by atoms with van der Waals surface area (Å²) in [4.78, 5) is 36.2. The zero-order valence-corrected chi connectivity index (χ0v) is 15.2. The lowest BCUT2D eigenvalue weighted by molar-refractivity contribution is -0.0511. The van der Waals surface area contributed by atoms with Gasteiger partial charge in [-0.1, -0.05) is 0 Å². The summed E-state index contributed by atoms with van der Waals surface area (Å²) in [6.07, 6.45) is -0.278. The van der Waals surface area contributed by atoms with Crippen molar-refractivity contribution in [2.45, 2.75) is 24.5 Å². The molecule has 4 aromatic heterocycles. The first-order valence-corrected chi connectivity index (χ1v) is 8.65. The van der Waals surface area contributed by atoms with Crippen LogP contribution in [0.15, 0.2) is 23.8 Å².